The van der Waals surface area contributed by atoms with E-state index in [1.807, 2.05) is 32.0 Å². The number of benzene rings is 1. The molecule has 0 saturated carbocycles. The van der Waals surface area contributed by atoms with Crippen molar-refractivity contribution in [3.63, 3.8) is 0 Å². The topological polar surface area (TPSA) is 76.5 Å². The third-order valence-electron chi connectivity index (χ3n) is 5.01. The van der Waals surface area contributed by atoms with Crippen LogP contribution in [0.15, 0.2) is 30.5 Å². The van der Waals surface area contributed by atoms with Crippen molar-refractivity contribution in [3.8, 4) is 5.69 Å². The standard InChI is InChI=1S/C21H27ClN4O3/c1-4-29-21(28)25-10-8-16(9-11-25)24-20(27)18-13-23-26(19(18)14(2)3)17-7-5-6-15(22)12-17/h5-7,12-14,16H,4,8-11H2,1-3H3,(H,24,27). The number of ether oxygens (including phenoxy) is 1. The second-order valence-corrected chi connectivity index (χ2v) is 7.86. The lowest BCUT2D eigenvalue weighted by atomic mass is 10.0. The van der Waals surface area contributed by atoms with Crippen molar-refractivity contribution in [2.75, 3.05) is 19.7 Å². The van der Waals surface area contributed by atoms with Gasteiger partial charge in [-0.3, -0.25) is 4.79 Å². The van der Waals surface area contributed by atoms with Crippen LogP contribution in [0, 0.1) is 0 Å². The Morgan fingerprint density at radius 1 is 1.31 bits per heavy atom. The number of amides is 2. The molecular weight excluding hydrogens is 392 g/mol. The summed E-state index contributed by atoms with van der Waals surface area (Å²) >= 11 is 6.12. The van der Waals surface area contributed by atoms with Crippen LogP contribution in [-0.2, 0) is 4.74 Å². The van der Waals surface area contributed by atoms with Gasteiger partial charge in [0.2, 0.25) is 0 Å². The fraction of sp³-hybridized carbons (Fsp3) is 0.476. The minimum atomic E-state index is -0.290. The maximum atomic E-state index is 13.0. The predicted octanol–water partition coefficient (Wildman–Crippen LogP) is 4.00. The summed E-state index contributed by atoms with van der Waals surface area (Å²) in [6.07, 6.45) is 2.72. The average molecular weight is 419 g/mol. The number of carbonyl (C=O) groups is 2. The van der Waals surface area contributed by atoms with E-state index in [2.05, 4.69) is 10.4 Å². The molecule has 2 amide bonds. The molecule has 1 aromatic heterocycles. The molecule has 1 aromatic carbocycles. The molecule has 156 valence electrons. The molecule has 0 unspecified atom stereocenters. The quantitative estimate of drug-likeness (QED) is 0.796. The first-order chi connectivity index (χ1) is 13.9. The Labute approximate surface area is 176 Å². The minimum absolute atomic E-state index is 0.0164. The highest BCUT2D eigenvalue weighted by atomic mass is 35.5. The number of halogens is 1. The average Bonchev–Trinajstić information content (AvgIpc) is 3.14. The van der Waals surface area contributed by atoms with Crippen LogP contribution < -0.4 is 5.32 Å². The largest absolute Gasteiger partial charge is 0.450 e. The molecule has 1 saturated heterocycles. The number of nitrogens with zero attached hydrogens (tertiary/aromatic N) is 3. The van der Waals surface area contributed by atoms with Gasteiger partial charge in [-0.2, -0.15) is 5.10 Å². The van der Waals surface area contributed by atoms with Crippen molar-refractivity contribution >= 4 is 23.6 Å². The van der Waals surface area contributed by atoms with Gasteiger partial charge in [-0.25, -0.2) is 9.48 Å². The number of nitrogens with one attached hydrogen (secondary N) is 1. The van der Waals surface area contributed by atoms with Gasteiger partial charge in [-0.15, -0.1) is 0 Å². The second-order valence-electron chi connectivity index (χ2n) is 7.42. The molecule has 0 spiro atoms. The van der Waals surface area contributed by atoms with Crippen LogP contribution in [0.1, 0.15) is 55.6 Å². The van der Waals surface area contributed by atoms with Crippen LogP contribution in [0.5, 0.6) is 0 Å². The molecule has 2 heterocycles. The molecule has 1 aliphatic rings. The third kappa shape index (κ3) is 4.90. The Hall–Kier alpha value is -2.54. The molecule has 1 fully saturated rings. The van der Waals surface area contributed by atoms with E-state index in [1.165, 1.54) is 0 Å². The molecule has 2 aromatic rings. The highest BCUT2D eigenvalue weighted by Gasteiger charge is 2.27. The fourth-order valence-corrected chi connectivity index (χ4v) is 3.77. The summed E-state index contributed by atoms with van der Waals surface area (Å²) in [6.45, 7) is 7.37. The lowest BCUT2D eigenvalue weighted by molar-refractivity contribution is 0.0859. The van der Waals surface area contributed by atoms with E-state index >= 15 is 0 Å². The van der Waals surface area contributed by atoms with Crippen molar-refractivity contribution in [1.82, 2.24) is 20.0 Å². The van der Waals surface area contributed by atoms with Crippen LogP contribution in [-0.4, -0.2) is 52.4 Å². The highest BCUT2D eigenvalue weighted by molar-refractivity contribution is 6.30. The number of hydrogen-bond acceptors (Lipinski definition) is 4. The number of aromatic nitrogens is 2. The number of carbonyl (C=O) groups excluding carboxylic acids is 2. The van der Waals surface area contributed by atoms with Gasteiger partial charge >= 0.3 is 6.09 Å². The number of likely N-dealkylation sites (tertiary alicyclic amines) is 1. The van der Waals surface area contributed by atoms with Gasteiger partial charge in [0.1, 0.15) is 0 Å². The number of rotatable bonds is 5. The summed E-state index contributed by atoms with van der Waals surface area (Å²) in [6, 6.07) is 7.42. The summed E-state index contributed by atoms with van der Waals surface area (Å²) in [5.41, 5.74) is 2.23. The van der Waals surface area contributed by atoms with Gasteiger partial charge in [-0.05, 0) is 43.9 Å². The van der Waals surface area contributed by atoms with Crippen molar-refractivity contribution < 1.29 is 14.3 Å². The zero-order chi connectivity index (χ0) is 21.0. The number of piperidine rings is 1. The Bertz CT molecular complexity index is 873. The molecule has 0 atom stereocenters. The SMILES string of the molecule is CCOC(=O)N1CCC(NC(=O)c2cnn(-c3cccc(Cl)c3)c2C(C)C)CC1. The normalized spacial score (nSPS) is 14.9. The van der Waals surface area contributed by atoms with Crippen LogP contribution >= 0.6 is 11.6 Å². The van der Waals surface area contributed by atoms with Crippen LogP contribution in [0.3, 0.4) is 0 Å². The molecule has 1 aliphatic heterocycles. The zero-order valence-electron chi connectivity index (χ0n) is 17.0. The van der Waals surface area contributed by atoms with Gasteiger partial charge in [0, 0.05) is 24.2 Å². The van der Waals surface area contributed by atoms with Gasteiger partial charge in [0.05, 0.1) is 29.7 Å². The predicted molar refractivity (Wildman–Crippen MR) is 112 cm³/mol. The monoisotopic (exact) mass is 418 g/mol. The first kappa shape index (κ1) is 21.2. The maximum Gasteiger partial charge on any atom is 0.409 e. The summed E-state index contributed by atoms with van der Waals surface area (Å²) in [5.74, 6) is -0.0422. The van der Waals surface area contributed by atoms with Gasteiger partial charge in [0.15, 0.2) is 0 Å². The first-order valence-electron chi connectivity index (χ1n) is 9.97. The van der Waals surface area contributed by atoms with E-state index in [1.54, 1.807) is 28.8 Å². The Balaban J connectivity index is 1.71. The van der Waals surface area contributed by atoms with E-state index in [0.29, 0.717) is 43.1 Å². The maximum absolute atomic E-state index is 13.0. The van der Waals surface area contributed by atoms with E-state index in [-0.39, 0.29) is 24.0 Å². The van der Waals surface area contributed by atoms with E-state index in [4.69, 9.17) is 16.3 Å². The van der Waals surface area contributed by atoms with E-state index < -0.39 is 0 Å². The van der Waals surface area contributed by atoms with Crippen LogP contribution in [0.4, 0.5) is 4.79 Å². The molecule has 0 aliphatic carbocycles. The van der Waals surface area contributed by atoms with Crippen LogP contribution in [0.25, 0.3) is 5.69 Å². The molecule has 7 nitrogen and oxygen atoms in total. The lowest BCUT2D eigenvalue weighted by Gasteiger charge is -2.31. The molecule has 29 heavy (non-hydrogen) atoms. The van der Waals surface area contributed by atoms with Crippen molar-refractivity contribution in [3.05, 3.63) is 46.7 Å². The Kier molecular flexibility index (Phi) is 6.79. The van der Waals surface area contributed by atoms with Gasteiger partial charge in [0.25, 0.3) is 5.91 Å². The summed E-state index contributed by atoms with van der Waals surface area (Å²) < 4.78 is 6.81. The molecule has 0 bridgehead atoms. The van der Waals surface area contributed by atoms with E-state index in [9.17, 15) is 9.59 Å². The number of hydrogen-bond donors (Lipinski definition) is 1. The van der Waals surface area contributed by atoms with Crippen molar-refractivity contribution in [1.29, 1.82) is 0 Å². The molecular formula is C21H27ClN4O3. The lowest BCUT2D eigenvalue weighted by Crippen LogP contribution is -2.46. The van der Waals surface area contributed by atoms with Crippen molar-refractivity contribution in [2.45, 2.75) is 45.6 Å². The molecule has 3 rings (SSSR count). The second kappa shape index (κ2) is 9.31. The summed E-state index contributed by atoms with van der Waals surface area (Å²) in [5, 5.41) is 8.17. The third-order valence-corrected chi connectivity index (χ3v) is 5.24. The fourth-order valence-electron chi connectivity index (χ4n) is 3.59. The Morgan fingerprint density at radius 3 is 2.66 bits per heavy atom. The van der Waals surface area contributed by atoms with Crippen molar-refractivity contribution in [2.24, 2.45) is 0 Å². The minimum Gasteiger partial charge on any atom is -0.450 e. The highest BCUT2D eigenvalue weighted by Crippen LogP contribution is 2.25. The smallest absolute Gasteiger partial charge is 0.409 e. The molecule has 1 N–H and O–H groups in total. The molecule has 8 heteroatoms. The Morgan fingerprint density at radius 2 is 2.03 bits per heavy atom. The zero-order valence-corrected chi connectivity index (χ0v) is 17.8. The van der Waals surface area contributed by atoms with Gasteiger partial charge in [-0.1, -0.05) is 31.5 Å². The summed E-state index contributed by atoms with van der Waals surface area (Å²) in [4.78, 5) is 26.5. The van der Waals surface area contributed by atoms with E-state index in [0.717, 1.165) is 11.4 Å². The van der Waals surface area contributed by atoms with Gasteiger partial charge < -0.3 is 15.0 Å². The molecule has 0 radical (unpaired) electrons. The summed E-state index contributed by atoms with van der Waals surface area (Å²) in [7, 11) is 0. The first-order valence-corrected chi connectivity index (χ1v) is 10.3. The van der Waals surface area contributed by atoms with Crippen LogP contribution in [0.2, 0.25) is 5.02 Å².